The lowest BCUT2D eigenvalue weighted by atomic mass is 9.98. The number of hydrogen-bond donors (Lipinski definition) is 1. The van der Waals surface area contributed by atoms with Crippen LogP contribution in [-0.4, -0.2) is 55.9 Å². The summed E-state index contributed by atoms with van der Waals surface area (Å²) in [6, 6.07) is 16.1. The van der Waals surface area contributed by atoms with Crippen molar-refractivity contribution in [2.24, 2.45) is 5.41 Å². The quantitative estimate of drug-likeness (QED) is 0.207. The number of nitrogens with zero attached hydrogens (tertiary/aromatic N) is 6. The standard InChI is InChI=1S/C29H33N7O4/c1-5-6-15-36(26-24(16-30-18-31-26)27(37)39-19-40-28(38)29(2,3)4)17-20-11-13-21(14-12-20)22-9-7-8-10-23(22)25-32-34-35-33-25/h7-14,16,18H,5-6,15,17,19H2,1-4H3,(H,32,33,34,35). The Morgan fingerprint density at radius 1 is 1.00 bits per heavy atom. The second kappa shape index (κ2) is 12.9. The van der Waals surface area contributed by atoms with Gasteiger partial charge in [-0.05, 0) is 49.1 Å². The normalized spacial score (nSPS) is 11.2. The molecule has 1 N–H and O–H groups in total. The molecule has 208 valence electrons. The Labute approximate surface area is 233 Å². The third-order valence-corrected chi connectivity index (χ3v) is 6.14. The Morgan fingerprint density at radius 3 is 2.42 bits per heavy atom. The van der Waals surface area contributed by atoms with E-state index in [0.717, 1.165) is 35.1 Å². The van der Waals surface area contributed by atoms with E-state index in [1.54, 1.807) is 20.8 Å². The first kappa shape index (κ1) is 28.3. The van der Waals surface area contributed by atoms with Gasteiger partial charge in [-0.15, -0.1) is 10.2 Å². The number of hydrogen-bond acceptors (Lipinski definition) is 10. The molecule has 0 radical (unpaired) electrons. The van der Waals surface area contributed by atoms with Crippen LogP contribution in [0.3, 0.4) is 0 Å². The summed E-state index contributed by atoms with van der Waals surface area (Å²) in [5.74, 6) is -0.131. The third-order valence-electron chi connectivity index (χ3n) is 6.14. The number of esters is 2. The molecule has 0 aliphatic heterocycles. The molecule has 4 rings (SSSR count). The minimum Gasteiger partial charge on any atom is -0.427 e. The summed E-state index contributed by atoms with van der Waals surface area (Å²) in [4.78, 5) is 35.4. The summed E-state index contributed by atoms with van der Waals surface area (Å²) >= 11 is 0. The molecule has 0 amide bonds. The zero-order chi connectivity index (χ0) is 28.5. The molecular formula is C29H33N7O4. The number of aromatic amines is 1. The maximum Gasteiger partial charge on any atom is 0.346 e. The van der Waals surface area contributed by atoms with Gasteiger partial charge in [-0.3, -0.25) is 4.79 Å². The minimum atomic E-state index is -0.699. The summed E-state index contributed by atoms with van der Waals surface area (Å²) in [5.41, 5.74) is 3.43. The first-order chi connectivity index (χ1) is 19.3. The van der Waals surface area contributed by atoms with Crippen LogP contribution in [0.25, 0.3) is 22.5 Å². The van der Waals surface area contributed by atoms with Gasteiger partial charge in [0.1, 0.15) is 17.7 Å². The molecule has 40 heavy (non-hydrogen) atoms. The average molecular weight is 544 g/mol. The van der Waals surface area contributed by atoms with Crippen LogP contribution in [0.15, 0.2) is 61.1 Å². The van der Waals surface area contributed by atoms with Gasteiger partial charge in [0.25, 0.3) is 0 Å². The van der Waals surface area contributed by atoms with Crippen LogP contribution in [0.2, 0.25) is 0 Å². The molecule has 0 saturated carbocycles. The molecule has 11 heteroatoms. The highest BCUT2D eigenvalue weighted by atomic mass is 16.7. The Morgan fingerprint density at radius 2 is 1.75 bits per heavy atom. The van der Waals surface area contributed by atoms with Crippen LogP contribution < -0.4 is 4.90 Å². The molecule has 2 aromatic heterocycles. The predicted molar refractivity (Wildman–Crippen MR) is 149 cm³/mol. The van der Waals surface area contributed by atoms with Crippen LogP contribution >= 0.6 is 0 Å². The monoisotopic (exact) mass is 543 g/mol. The number of tetrazole rings is 1. The number of nitrogens with one attached hydrogen (secondary N) is 1. The van der Waals surface area contributed by atoms with E-state index >= 15 is 0 Å². The zero-order valence-electron chi connectivity index (χ0n) is 23.1. The molecule has 2 aromatic carbocycles. The van der Waals surface area contributed by atoms with E-state index in [0.29, 0.717) is 24.7 Å². The van der Waals surface area contributed by atoms with Gasteiger partial charge in [-0.25, -0.2) is 14.8 Å². The third kappa shape index (κ3) is 7.04. The predicted octanol–water partition coefficient (Wildman–Crippen LogP) is 4.83. The van der Waals surface area contributed by atoms with E-state index in [1.165, 1.54) is 12.5 Å². The Balaban J connectivity index is 1.52. The van der Waals surface area contributed by atoms with E-state index in [1.807, 2.05) is 53.4 Å². The van der Waals surface area contributed by atoms with Crippen molar-refractivity contribution < 1.29 is 19.1 Å². The van der Waals surface area contributed by atoms with Gasteiger partial charge in [-0.1, -0.05) is 61.9 Å². The second-order valence-corrected chi connectivity index (χ2v) is 10.2. The Bertz CT molecular complexity index is 1420. The lowest BCUT2D eigenvalue weighted by Gasteiger charge is -2.25. The first-order valence-electron chi connectivity index (χ1n) is 13.1. The molecule has 11 nitrogen and oxygen atoms in total. The van der Waals surface area contributed by atoms with Crippen molar-refractivity contribution in [3.05, 3.63) is 72.2 Å². The molecule has 0 atom stereocenters. The van der Waals surface area contributed by atoms with E-state index in [9.17, 15) is 9.59 Å². The van der Waals surface area contributed by atoms with Crippen molar-refractivity contribution in [2.75, 3.05) is 18.2 Å². The number of unbranched alkanes of at least 4 members (excludes halogenated alkanes) is 1. The van der Waals surface area contributed by atoms with Gasteiger partial charge < -0.3 is 14.4 Å². The number of ether oxygens (including phenoxy) is 2. The summed E-state index contributed by atoms with van der Waals surface area (Å²) in [7, 11) is 0. The average Bonchev–Trinajstić information content (AvgIpc) is 3.50. The Hall–Kier alpha value is -4.67. The van der Waals surface area contributed by atoms with Crippen LogP contribution in [0.5, 0.6) is 0 Å². The molecule has 0 spiro atoms. The van der Waals surface area contributed by atoms with E-state index in [-0.39, 0.29) is 5.56 Å². The molecule has 0 saturated heterocycles. The first-order valence-corrected chi connectivity index (χ1v) is 13.1. The number of benzene rings is 2. The molecule has 4 aromatic rings. The van der Waals surface area contributed by atoms with Gasteiger partial charge in [0, 0.05) is 24.8 Å². The fourth-order valence-electron chi connectivity index (χ4n) is 3.97. The van der Waals surface area contributed by atoms with Gasteiger partial charge in [-0.2, -0.15) is 5.21 Å². The van der Waals surface area contributed by atoms with Crippen molar-refractivity contribution in [2.45, 2.75) is 47.1 Å². The number of carbonyl (C=O) groups excluding carboxylic acids is 2. The molecule has 0 unspecified atom stereocenters. The van der Waals surface area contributed by atoms with Crippen molar-refractivity contribution >= 4 is 17.8 Å². The summed E-state index contributed by atoms with van der Waals surface area (Å²) in [6.45, 7) is 8.00. The van der Waals surface area contributed by atoms with Crippen molar-refractivity contribution in [3.8, 4) is 22.5 Å². The van der Waals surface area contributed by atoms with Crippen LogP contribution in [0, 0.1) is 5.41 Å². The fraction of sp³-hybridized carbons (Fsp3) is 0.345. The van der Waals surface area contributed by atoms with Gasteiger partial charge in [0.2, 0.25) is 12.6 Å². The highest BCUT2D eigenvalue weighted by Crippen LogP contribution is 2.30. The van der Waals surface area contributed by atoms with Gasteiger partial charge in [0.05, 0.1) is 5.41 Å². The van der Waals surface area contributed by atoms with Gasteiger partial charge in [0.15, 0.2) is 0 Å². The lowest BCUT2D eigenvalue weighted by molar-refractivity contribution is -0.161. The second-order valence-electron chi connectivity index (χ2n) is 10.2. The molecule has 0 aliphatic carbocycles. The molecule has 2 heterocycles. The molecular weight excluding hydrogens is 510 g/mol. The summed E-state index contributed by atoms with van der Waals surface area (Å²) in [5, 5.41) is 14.4. The Kier molecular flexibility index (Phi) is 9.15. The maximum atomic E-state index is 12.9. The van der Waals surface area contributed by atoms with Crippen LogP contribution in [0.4, 0.5) is 5.82 Å². The highest BCUT2D eigenvalue weighted by molar-refractivity contribution is 5.94. The maximum absolute atomic E-state index is 12.9. The van der Waals surface area contributed by atoms with E-state index < -0.39 is 24.1 Å². The van der Waals surface area contributed by atoms with Crippen LogP contribution in [0.1, 0.15) is 56.5 Å². The highest BCUT2D eigenvalue weighted by Gasteiger charge is 2.25. The number of carbonyl (C=O) groups is 2. The van der Waals surface area contributed by atoms with Crippen molar-refractivity contribution in [1.29, 1.82) is 0 Å². The van der Waals surface area contributed by atoms with Gasteiger partial charge >= 0.3 is 11.9 Å². The summed E-state index contributed by atoms with van der Waals surface area (Å²) < 4.78 is 10.3. The number of aromatic nitrogens is 6. The number of anilines is 1. The number of H-pyrrole nitrogens is 1. The fourth-order valence-corrected chi connectivity index (χ4v) is 3.97. The smallest absolute Gasteiger partial charge is 0.346 e. The van der Waals surface area contributed by atoms with Crippen LogP contribution in [-0.2, 0) is 20.8 Å². The van der Waals surface area contributed by atoms with Crippen molar-refractivity contribution in [3.63, 3.8) is 0 Å². The molecule has 0 aliphatic rings. The topological polar surface area (TPSA) is 136 Å². The lowest BCUT2D eigenvalue weighted by Crippen LogP contribution is -2.28. The molecule has 0 fully saturated rings. The minimum absolute atomic E-state index is 0.205. The van der Waals surface area contributed by atoms with E-state index in [2.05, 4.69) is 37.5 Å². The SMILES string of the molecule is CCCCN(Cc1ccc(-c2ccccc2-c2nn[nH]n2)cc1)c1ncncc1C(=O)OCOC(=O)C(C)(C)C. The largest absolute Gasteiger partial charge is 0.427 e. The number of rotatable bonds is 11. The van der Waals surface area contributed by atoms with E-state index in [4.69, 9.17) is 9.47 Å². The van der Waals surface area contributed by atoms with Crippen molar-refractivity contribution in [1.82, 2.24) is 30.6 Å². The molecule has 0 bridgehead atoms. The zero-order valence-corrected chi connectivity index (χ0v) is 23.1. The summed E-state index contributed by atoms with van der Waals surface area (Å²) in [6.07, 6.45) is 4.70.